The molecular formula is C13H13BrN2O2. The fourth-order valence-electron chi connectivity index (χ4n) is 1.74. The number of hydrogen-bond acceptors (Lipinski definition) is 2. The number of carbonyl (C=O) groups is 1. The zero-order valence-corrected chi connectivity index (χ0v) is 11.3. The Morgan fingerprint density at radius 3 is 2.89 bits per heavy atom. The molecule has 5 heteroatoms. The van der Waals surface area contributed by atoms with E-state index in [-0.39, 0.29) is 6.42 Å². The van der Waals surface area contributed by atoms with Crippen molar-refractivity contribution in [2.75, 3.05) is 0 Å². The predicted molar refractivity (Wildman–Crippen MR) is 71.4 cm³/mol. The van der Waals surface area contributed by atoms with Crippen LogP contribution in [0.3, 0.4) is 0 Å². The van der Waals surface area contributed by atoms with Crippen LogP contribution in [-0.4, -0.2) is 20.6 Å². The van der Waals surface area contributed by atoms with Crippen LogP contribution >= 0.6 is 15.9 Å². The van der Waals surface area contributed by atoms with Crippen molar-refractivity contribution in [2.45, 2.75) is 19.4 Å². The van der Waals surface area contributed by atoms with E-state index in [2.05, 4.69) is 20.9 Å². The van der Waals surface area contributed by atoms with Crippen LogP contribution in [0.5, 0.6) is 0 Å². The summed E-state index contributed by atoms with van der Waals surface area (Å²) >= 11 is 3.50. The number of halogens is 1. The van der Waals surface area contributed by atoms with Gasteiger partial charge in [0, 0.05) is 22.9 Å². The maximum atomic E-state index is 10.6. The molecule has 4 nitrogen and oxygen atoms in total. The molecule has 2 rings (SSSR count). The van der Waals surface area contributed by atoms with Crippen molar-refractivity contribution in [3.05, 3.63) is 52.5 Å². The summed E-state index contributed by atoms with van der Waals surface area (Å²) in [6.45, 7) is 0.691. The van der Waals surface area contributed by atoms with Gasteiger partial charge in [-0.1, -0.05) is 34.1 Å². The molecule has 0 saturated carbocycles. The van der Waals surface area contributed by atoms with Gasteiger partial charge in [-0.2, -0.15) is 0 Å². The molecule has 2 aromatic rings. The van der Waals surface area contributed by atoms with Crippen LogP contribution < -0.4 is 0 Å². The molecule has 0 fully saturated rings. The highest BCUT2D eigenvalue weighted by Gasteiger charge is 2.07. The van der Waals surface area contributed by atoms with Gasteiger partial charge in [-0.05, 0) is 18.1 Å². The van der Waals surface area contributed by atoms with Crippen LogP contribution in [0.1, 0.15) is 17.7 Å². The summed E-state index contributed by atoms with van der Waals surface area (Å²) in [6.07, 6.45) is 4.08. The number of aliphatic carboxylic acids is 1. The fraction of sp³-hybridized carbons (Fsp3) is 0.231. The van der Waals surface area contributed by atoms with Crippen molar-refractivity contribution in [2.24, 2.45) is 0 Å². The number of carboxylic acids is 1. The number of aryl methyl sites for hydroxylation is 1. The molecule has 0 spiro atoms. The van der Waals surface area contributed by atoms with Crippen LogP contribution in [0.2, 0.25) is 0 Å². The summed E-state index contributed by atoms with van der Waals surface area (Å²) in [5.41, 5.74) is 2.08. The molecule has 0 amide bonds. The average Bonchev–Trinajstić information content (AvgIpc) is 2.77. The van der Waals surface area contributed by atoms with Gasteiger partial charge < -0.3 is 9.67 Å². The smallest absolute Gasteiger partial charge is 0.303 e. The highest BCUT2D eigenvalue weighted by molar-refractivity contribution is 9.10. The quantitative estimate of drug-likeness (QED) is 0.924. The summed E-state index contributed by atoms with van der Waals surface area (Å²) in [5.74, 6) is -0.788. The molecule has 1 N–H and O–H groups in total. The molecule has 0 aliphatic rings. The lowest BCUT2D eigenvalue weighted by atomic mass is 10.2. The maximum absolute atomic E-state index is 10.6. The molecule has 1 aromatic carbocycles. The molecule has 1 heterocycles. The van der Waals surface area contributed by atoms with Gasteiger partial charge in [-0.15, -0.1) is 0 Å². The van der Waals surface area contributed by atoms with Gasteiger partial charge in [0.1, 0.15) is 0 Å². The van der Waals surface area contributed by atoms with E-state index in [9.17, 15) is 4.79 Å². The Balaban J connectivity index is 2.12. The lowest BCUT2D eigenvalue weighted by molar-refractivity contribution is -0.136. The van der Waals surface area contributed by atoms with E-state index < -0.39 is 5.97 Å². The summed E-state index contributed by atoms with van der Waals surface area (Å²) in [7, 11) is 0. The van der Waals surface area contributed by atoms with Crippen LogP contribution in [-0.2, 0) is 17.8 Å². The molecule has 0 atom stereocenters. The number of carboxylic acid groups (broad SMARTS) is 1. The SMILES string of the molecule is O=C(O)CCc1cncn1Cc1ccccc1Br. The van der Waals surface area contributed by atoms with Crippen molar-refractivity contribution in [3.8, 4) is 0 Å². The fourth-order valence-corrected chi connectivity index (χ4v) is 2.15. The molecule has 0 saturated heterocycles. The lowest BCUT2D eigenvalue weighted by Crippen LogP contribution is -2.06. The minimum Gasteiger partial charge on any atom is -0.481 e. The van der Waals surface area contributed by atoms with E-state index in [1.807, 2.05) is 28.8 Å². The van der Waals surface area contributed by atoms with E-state index >= 15 is 0 Å². The van der Waals surface area contributed by atoms with Crippen molar-refractivity contribution < 1.29 is 9.90 Å². The lowest BCUT2D eigenvalue weighted by Gasteiger charge is -2.09. The average molecular weight is 309 g/mol. The van der Waals surface area contributed by atoms with E-state index in [1.165, 1.54) is 0 Å². The van der Waals surface area contributed by atoms with Gasteiger partial charge in [-0.25, -0.2) is 4.98 Å². The molecule has 0 unspecified atom stereocenters. The van der Waals surface area contributed by atoms with E-state index in [1.54, 1.807) is 12.5 Å². The van der Waals surface area contributed by atoms with Crippen LogP contribution in [0.4, 0.5) is 0 Å². The highest BCUT2D eigenvalue weighted by Crippen LogP contribution is 2.18. The van der Waals surface area contributed by atoms with E-state index in [0.717, 1.165) is 15.7 Å². The van der Waals surface area contributed by atoms with E-state index in [0.29, 0.717) is 13.0 Å². The second-order valence-corrected chi connectivity index (χ2v) is 4.85. The molecular weight excluding hydrogens is 296 g/mol. The summed E-state index contributed by atoms with van der Waals surface area (Å²) in [4.78, 5) is 14.7. The third kappa shape index (κ3) is 3.20. The van der Waals surface area contributed by atoms with Gasteiger partial charge in [0.2, 0.25) is 0 Å². The number of rotatable bonds is 5. The minimum absolute atomic E-state index is 0.127. The Morgan fingerprint density at radius 2 is 2.17 bits per heavy atom. The predicted octanol–water partition coefficient (Wildman–Crippen LogP) is 2.71. The first-order chi connectivity index (χ1) is 8.66. The van der Waals surface area contributed by atoms with Gasteiger partial charge in [-0.3, -0.25) is 4.79 Å². The molecule has 94 valence electrons. The van der Waals surface area contributed by atoms with Crippen molar-refractivity contribution >= 4 is 21.9 Å². The molecule has 1 aromatic heterocycles. The molecule has 0 radical (unpaired) electrons. The van der Waals surface area contributed by atoms with Gasteiger partial charge in [0.15, 0.2) is 0 Å². The first-order valence-electron chi connectivity index (χ1n) is 5.61. The summed E-state index contributed by atoms with van der Waals surface area (Å²) < 4.78 is 3.02. The highest BCUT2D eigenvalue weighted by atomic mass is 79.9. The zero-order chi connectivity index (χ0) is 13.0. The van der Waals surface area contributed by atoms with Crippen molar-refractivity contribution in [1.29, 1.82) is 0 Å². The molecule has 18 heavy (non-hydrogen) atoms. The maximum Gasteiger partial charge on any atom is 0.303 e. The van der Waals surface area contributed by atoms with Gasteiger partial charge >= 0.3 is 5.97 Å². The van der Waals surface area contributed by atoms with Crippen molar-refractivity contribution in [3.63, 3.8) is 0 Å². The summed E-state index contributed by atoms with van der Waals surface area (Å²) in [6, 6.07) is 7.97. The van der Waals surface area contributed by atoms with Crippen LogP contribution in [0.25, 0.3) is 0 Å². The first kappa shape index (κ1) is 12.8. The van der Waals surface area contributed by atoms with Crippen molar-refractivity contribution in [1.82, 2.24) is 9.55 Å². The van der Waals surface area contributed by atoms with Crippen LogP contribution in [0, 0.1) is 0 Å². The topological polar surface area (TPSA) is 55.1 Å². The second kappa shape index (κ2) is 5.82. The third-order valence-electron chi connectivity index (χ3n) is 2.69. The normalized spacial score (nSPS) is 10.5. The Bertz CT molecular complexity index is 551. The van der Waals surface area contributed by atoms with E-state index in [4.69, 9.17) is 5.11 Å². The molecule has 0 aliphatic carbocycles. The van der Waals surface area contributed by atoms with Gasteiger partial charge in [0.05, 0.1) is 12.7 Å². The Kier molecular flexibility index (Phi) is 4.15. The third-order valence-corrected chi connectivity index (χ3v) is 3.47. The van der Waals surface area contributed by atoms with Crippen LogP contribution in [0.15, 0.2) is 41.3 Å². The Labute approximate surface area is 113 Å². The summed E-state index contributed by atoms with van der Waals surface area (Å²) in [5, 5.41) is 8.70. The minimum atomic E-state index is -0.788. The zero-order valence-electron chi connectivity index (χ0n) is 9.71. The standard InChI is InChI=1S/C13H13BrN2O2/c14-12-4-2-1-3-10(12)8-16-9-15-7-11(16)5-6-13(17)18/h1-4,7,9H,5-6,8H2,(H,17,18). The van der Waals surface area contributed by atoms with Gasteiger partial charge in [0.25, 0.3) is 0 Å². The Hall–Kier alpha value is -1.62. The number of aromatic nitrogens is 2. The number of hydrogen-bond donors (Lipinski definition) is 1. The number of benzene rings is 1. The molecule has 0 aliphatic heterocycles. The number of imidazole rings is 1. The first-order valence-corrected chi connectivity index (χ1v) is 6.40. The second-order valence-electron chi connectivity index (χ2n) is 4.00. The molecule has 0 bridgehead atoms. The number of nitrogens with zero attached hydrogens (tertiary/aromatic N) is 2. The monoisotopic (exact) mass is 308 g/mol. The largest absolute Gasteiger partial charge is 0.481 e. The Morgan fingerprint density at radius 1 is 1.39 bits per heavy atom.